The lowest BCUT2D eigenvalue weighted by Gasteiger charge is -2.11. The Bertz CT molecular complexity index is 531. The summed E-state index contributed by atoms with van der Waals surface area (Å²) in [5, 5.41) is 1.60. The first kappa shape index (κ1) is 10.6. The van der Waals surface area contributed by atoms with Crippen LogP contribution in [-0.4, -0.2) is 30.0 Å². The van der Waals surface area contributed by atoms with Crippen LogP contribution in [0.15, 0.2) is 22.6 Å². The molecule has 5 heteroatoms. The van der Waals surface area contributed by atoms with Crippen LogP contribution in [0.3, 0.4) is 0 Å². The van der Waals surface area contributed by atoms with Crippen molar-refractivity contribution in [2.45, 2.75) is 6.92 Å². The highest BCUT2D eigenvalue weighted by Crippen LogP contribution is 2.16. The van der Waals surface area contributed by atoms with Gasteiger partial charge >= 0.3 is 0 Å². The van der Waals surface area contributed by atoms with E-state index in [-0.39, 0.29) is 5.91 Å². The molecule has 0 saturated heterocycles. The fourth-order valence-electron chi connectivity index (χ4n) is 1.45. The van der Waals surface area contributed by atoms with Crippen LogP contribution in [0, 0.1) is 6.92 Å². The van der Waals surface area contributed by atoms with Crippen molar-refractivity contribution in [3.05, 3.63) is 29.7 Å². The van der Waals surface area contributed by atoms with Crippen molar-refractivity contribution in [1.29, 1.82) is 0 Å². The maximum Gasteiger partial charge on any atom is 0.265 e. The number of hydrazine groups is 1. The van der Waals surface area contributed by atoms with E-state index in [9.17, 15) is 4.79 Å². The molecule has 16 heavy (non-hydrogen) atoms. The van der Waals surface area contributed by atoms with Gasteiger partial charge in [-0.2, -0.15) is 0 Å². The summed E-state index contributed by atoms with van der Waals surface area (Å²) >= 11 is 0. The Morgan fingerprint density at radius 3 is 2.88 bits per heavy atom. The summed E-state index contributed by atoms with van der Waals surface area (Å²) in [6.07, 6.45) is 0. The van der Waals surface area contributed by atoms with Gasteiger partial charge in [0.1, 0.15) is 5.52 Å². The quantitative estimate of drug-likeness (QED) is 0.774. The molecule has 1 amide bonds. The Hall–Kier alpha value is -1.88. The molecular formula is C11H13N3O2. The molecule has 2 aromatic rings. The van der Waals surface area contributed by atoms with Crippen LogP contribution in [0.1, 0.15) is 16.2 Å². The fourth-order valence-corrected chi connectivity index (χ4v) is 1.45. The summed E-state index contributed by atoms with van der Waals surface area (Å²) in [7, 11) is 3.52. The second-order valence-corrected chi connectivity index (χ2v) is 3.75. The topological polar surface area (TPSA) is 58.4 Å². The van der Waals surface area contributed by atoms with Crippen LogP contribution >= 0.6 is 0 Å². The molecule has 5 nitrogen and oxygen atoms in total. The normalized spacial score (nSPS) is 11.0. The molecule has 1 aromatic carbocycles. The van der Waals surface area contributed by atoms with E-state index in [1.54, 1.807) is 44.2 Å². The number of carbonyl (C=O) groups is 1. The molecular weight excluding hydrogens is 206 g/mol. The number of aryl methyl sites for hydroxylation is 1. The molecule has 0 saturated carbocycles. The molecule has 0 unspecified atom stereocenters. The van der Waals surface area contributed by atoms with E-state index in [0.29, 0.717) is 17.0 Å². The van der Waals surface area contributed by atoms with E-state index in [1.165, 1.54) is 0 Å². The number of hydrogen-bond acceptors (Lipinski definition) is 4. The minimum atomic E-state index is -0.166. The summed E-state index contributed by atoms with van der Waals surface area (Å²) in [5.74, 6) is 0.432. The largest absolute Gasteiger partial charge is 0.441 e. The standard InChI is InChI=1S/C11H13N3O2/c1-7-12-9-5-4-8(6-10(9)16-7)11(15)13-14(2)3/h4-6H,1-3H3,(H,13,15). The molecule has 0 fully saturated rings. The Morgan fingerprint density at radius 1 is 1.44 bits per heavy atom. The highest BCUT2D eigenvalue weighted by molar-refractivity contribution is 5.96. The fraction of sp³-hybridized carbons (Fsp3) is 0.273. The number of oxazole rings is 1. The third kappa shape index (κ3) is 2.04. The van der Waals surface area contributed by atoms with Crippen LogP contribution in [0.25, 0.3) is 11.1 Å². The summed E-state index contributed by atoms with van der Waals surface area (Å²) < 4.78 is 5.36. The molecule has 0 atom stereocenters. The SMILES string of the molecule is Cc1nc2ccc(C(=O)NN(C)C)cc2o1. The van der Waals surface area contributed by atoms with Crippen molar-refractivity contribution in [3.63, 3.8) is 0 Å². The molecule has 0 spiro atoms. The van der Waals surface area contributed by atoms with Gasteiger partial charge < -0.3 is 4.42 Å². The molecule has 0 aliphatic rings. The minimum absolute atomic E-state index is 0.166. The number of nitrogens with one attached hydrogen (secondary N) is 1. The number of hydrogen-bond donors (Lipinski definition) is 1. The number of rotatable bonds is 2. The van der Waals surface area contributed by atoms with Crippen molar-refractivity contribution in [1.82, 2.24) is 15.4 Å². The number of benzene rings is 1. The van der Waals surface area contributed by atoms with E-state index in [4.69, 9.17) is 4.42 Å². The van der Waals surface area contributed by atoms with Gasteiger partial charge in [-0.1, -0.05) is 0 Å². The van der Waals surface area contributed by atoms with Gasteiger partial charge in [-0.05, 0) is 18.2 Å². The van der Waals surface area contributed by atoms with Gasteiger partial charge in [-0.15, -0.1) is 0 Å². The van der Waals surface area contributed by atoms with Gasteiger partial charge in [-0.3, -0.25) is 10.2 Å². The molecule has 0 aliphatic heterocycles. The maximum absolute atomic E-state index is 11.7. The zero-order valence-corrected chi connectivity index (χ0v) is 9.44. The molecule has 2 rings (SSSR count). The second-order valence-electron chi connectivity index (χ2n) is 3.75. The van der Waals surface area contributed by atoms with Gasteiger partial charge in [0.05, 0.1) is 0 Å². The lowest BCUT2D eigenvalue weighted by Crippen LogP contribution is -2.36. The Labute approximate surface area is 93.0 Å². The molecule has 84 valence electrons. The summed E-state index contributed by atoms with van der Waals surface area (Å²) in [6, 6.07) is 5.19. The smallest absolute Gasteiger partial charge is 0.265 e. The van der Waals surface area contributed by atoms with E-state index in [0.717, 1.165) is 5.52 Å². The predicted molar refractivity (Wildman–Crippen MR) is 59.9 cm³/mol. The summed E-state index contributed by atoms with van der Waals surface area (Å²) in [4.78, 5) is 15.9. The third-order valence-corrected chi connectivity index (χ3v) is 2.08. The van der Waals surface area contributed by atoms with Crippen LogP contribution in [0.2, 0.25) is 0 Å². The van der Waals surface area contributed by atoms with E-state index < -0.39 is 0 Å². The van der Waals surface area contributed by atoms with E-state index in [1.807, 2.05) is 0 Å². The van der Waals surface area contributed by atoms with E-state index >= 15 is 0 Å². The maximum atomic E-state index is 11.7. The van der Waals surface area contributed by atoms with Gasteiger partial charge in [0, 0.05) is 26.6 Å². The lowest BCUT2D eigenvalue weighted by molar-refractivity contribution is 0.0857. The molecule has 0 radical (unpaired) electrons. The van der Waals surface area contributed by atoms with Gasteiger partial charge in [0.15, 0.2) is 11.5 Å². The zero-order chi connectivity index (χ0) is 11.7. The molecule has 1 N–H and O–H groups in total. The number of aromatic nitrogens is 1. The third-order valence-electron chi connectivity index (χ3n) is 2.08. The summed E-state index contributed by atoms with van der Waals surface area (Å²) in [5.41, 5.74) is 4.61. The lowest BCUT2D eigenvalue weighted by atomic mass is 10.2. The molecule has 0 bridgehead atoms. The van der Waals surface area contributed by atoms with Gasteiger partial charge in [-0.25, -0.2) is 9.99 Å². The van der Waals surface area contributed by atoms with Crippen molar-refractivity contribution in [2.24, 2.45) is 0 Å². The van der Waals surface area contributed by atoms with Crippen molar-refractivity contribution >= 4 is 17.0 Å². The van der Waals surface area contributed by atoms with Crippen molar-refractivity contribution in [3.8, 4) is 0 Å². The second kappa shape index (κ2) is 3.94. The summed E-state index contributed by atoms with van der Waals surface area (Å²) in [6.45, 7) is 1.78. The number of nitrogens with zero attached hydrogens (tertiary/aromatic N) is 2. The first-order valence-electron chi connectivity index (χ1n) is 4.92. The molecule has 1 aromatic heterocycles. The Balaban J connectivity index is 2.35. The minimum Gasteiger partial charge on any atom is -0.441 e. The Morgan fingerprint density at radius 2 is 2.19 bits per heavy atom. The van der Waals surface area contributed by atoms with Crippen LogP contribution < -0.4 is 5.43 Å². The average molecular weight is 219 g/mol. The zero-order valence-electron chi connectivity index (χ0n) is 9.44. The number of fused-ring (bicyclic) bond motifs is 1. The van der Waals surface area contributed by atoms with Gasteiger partial charge in [0.2, 0.25) is 0 Å². The van der Waals surface area contributed by atoms with Crippen molar-refractivity contribution in [2.75, 3.05) is 14.1 Å². The monoisotopic (exact) mass is 219 g/mol. The first-order chi connectivity index (χ1) is 7.56. The van der Waals surface area contributed by atoms with Crippen molar-refractivity contribution < 1.29 is 9.21 Å². The Kier molecular flexibility index (Phi) is 2.62. The molecule has 0 aliphatic carbocycles. The predicted octanol–water partition coefficient (Wildman–Crippen LogP) is 1.34. The number of carbonyl (C=O) groups excluding carboxylic acids is 1. The highest BCUT2D eigenvalue weighted by Gasteiger charge is 2.09. The molecule has 1 heterocycles. The highest BCUT2D eigenvalue weighted by atomic mass is 16.3. The number of amides is 1. The average Bonchev–Trinajstić information content (AvgIpc) is 2.55. The van der Waals surface area contributed by atoms with Gasteiger partial charge in [0.25, 0.3) is 5.91 Å². The van der Waals surface area contributed by atoms with Crippen LogP contribution in [-0.2, 0) is 0 Å². The van der Waals surface area contributed by atoms with Crippen LogP contribution in [0.4, 0.5) is 0 Å². The van der Waals surface area contributed by atoms with Crippen LogP contribution in [0.5, 0.6) is 0 Å². The van der Waals surface area contributed by atoms with E-state index in [2.05, 4.69) is 10.4 Å². The first-order valence-corrected chi connectivity index (χ1v) is 4.92.